The maximum Gasteiger partial charge on any atom is 0.328 e. The first-order valence-corrected chi connectivity index (χ1v) is 11.6. The van der Waals surface area contributed by atoms with Crippen LogP contribution in [0.2, 0.25) is 0 Å². The normalized spacial score (nSPS) is 21.6. The smallest absolute Gasteiger partial charge is 0.328 e. The van der Waals surface area contributed by atoms with Crippen molar-refractivity contribution in [3.05, 3.63) is 71.9 Å². The van der Waals surface area contributed by atoms with Crippen LogP contribution in [0.15, 0.2) is 60.8 Å². The average molecular weight is 448 g/mol. The summed E-state index contributed by atoms with van der Waals surface area (Å²) in [5, 5.41) is 4.05. The first kappa shape index (κ1) is 23.1. The van der Waals surface area contributed by atoms with Crippen molar-refractivity contribution in [3.63, 3.8) is 0 Å². The van der Waals surface area contributed by atoms with Gasteiger partial charge in [0.1, 0.15) is 6.04 Å². The number of carbonyl (C=O) groups excluding carboxylic acids is 2. The van der Waals surface area contributed by atoms with Crippen LogP contribution in [0, 0.1) is 5.92 Å². The molecule has 6 heteroatoms. The van der Waals surface area contributed by atoms with E-state index in [2.05, 4.69) is 53.6 Å². The van der Waals surface area contributed by atoms with E-state index in [4.69, 9.17) is 4.74 Å². The number of fused-ring (bicyclic) bond motifs is 1. The van der Waals surface area contributed by atoms with Crippen LogP contribution >= 0.6 is 0 Å². The summed E-state index contributed by atoms with van der Waals surface area (Å²) in [5.41, 5.74) is 3.22. The summed E-state index contributed by atoms with van der Waals surface area (Å²) in [6.45, 7) is 0. The third kappa shape index (κ3) is 4.67. The number of amides is 1. The predicted molar refractivity (Wildman–Crippen MR) is 130 cm³/mol. The maximum absolute atomic E-state index is 13.2. The number of hydrogen-bond donors (Lipinski definition) is 2. The van der Waals surface area contributed by atoms with E-state index >= 15 is 0 Å². The van der Waals surface area contributed by atoms with Crippen LogP contribution in [0.1, 0.15) is 36.8 Å². The summed E-state index contributed by atoms with van der Waals surface area (Å²) in [6.07, 6.45) is 5.64. The highest BCUT2D eigenvalue weighted by molar-refractivity contribution is 5.88. The van der Waals surface area contributed by atoms with E-state index < -0.39 is 12.0 Å². The lowest BCUT2D eigenvalue weighted by Crippen LogP contribution is -2.49. The van der Waals surface area contributed by atoms with Crippen LogP contribution in [0.5, 0.6) is 0 Å². The third-order valence-corrected chi connectivity index (χ3v) is 7.25. The number of benzene rings is 2. The molecule has 1 amide bonds. The van der Waals surface area contributed by atoms with Crippen molar-refractivity contribution in [1.29, 1.82) is 0 Å². The van der Waals surface area contributed by atoms with Crippen LogP contribution in [0.3, 0.4) is 0 Å². The van der Waals surface area contributed by atoms with Crippen LogP contribution in [-0.4, -0.2) is 49.0 Å². The molecular weight excluding hydrogens is 414 g/mol. The largest absolute Gasteiger partial charge is 0.467 e. The Morgan fingerprint density at radius 3 is 2.42 bits per heavy atom. The van der Waals surface area contributed by atoms with Crippen molar-refractivity contribution in [2.24, 2.45) is 5.92 Å². The van der Waals surface area contributed by atoms with Gasteiger partial charge in [-0.25, -0.2) is 4.79 Å². The number of nitrogens with one attached hydrogen (secondary N) is 2. The van der Waals surface area contributed by atoms with Crippen molar-refractivity contribution >= 4 is 22.8 Å². The number of aromatic amines is 1. The van der Waals surface area contributed by atoms with Gasteiger partial charge in [0.25, 0.3) is 0 Å². The second kappa shape index (κ2) is 9.79. The van der Waals surface area contributed by atoms with Gasteiger partial charge >= 0.3 is 5.97 Å². The molecule has 2 aromatic carbocycles. The number of esters is 1. The van der Waals surface area contributed by atoms with E-state index in [9.17, 15) is 9.59 Å². The Balaban J connectivity index is 1.45. The van der Waals surface area contributed by atoms with E-state index in [1.807, 2.05) is 36.5 Å². The molecule has 3 aromatic rings. The Morgan fingerprint density at radius 2 is 1.76 bits per heavy atom. The molecule has 4 rings (SSSR count). The second-order valence-corrected chi connectivity index (χ2v) is 9.21. The first-order chi connectivity index (χ1) is 15.9. The highest BCUT2D eigenvalue weighted by Crippen LogP contribution is 2.43. The fourth-order valence-corrected chi connectivity index (χ4v) is 5.25. The SMILES string of the molecule is COC(=O)C(Cc1c[nH]c2ccccc12)NC(=O)C1CCC(c2ccccc2)(N(C)C)CC1. The molecule has 0 aliphatic heterocycles. The quantitative estimate of drug-likeness (QED) is 0.537. The van der Waals surface area contributed by atoms with Gasteiger partial charge in [0.15, 0.2) is 0 Å². The Hall–Kier alpha value is -3.12. The summed E-state index contributed by atoms with van der Waals surface area (Å²) < 4.78 is 5.01. The number of hydrogen-bond acceptors (Lipinski definition) is 4. The molecule has 1 saturated carbocycles. The molecule has 1 fully saturated rings. The monoisotopic (exact) mass is 447 g/mol. The molecular formula is C27H33N3O3. The number of carbonyl (C=O) groups is 2. The summed E-state index contributed by atoms with van der Waals surface area (Å²) in [6, 6.07) is 17.8. The maximum atomic E-state index is 13.2. The van der Waals surface area contributed by atoms with Gasteiger partial charge in [-0.15, -0.1) is 0 Å². The molecule has 1 atom stereocenters. The van der Waals surface area contributed by atoms with Gasteiger partial charge in [-0.3, -0.25) is 9.69 Å². The minimum Gasteiger partial charge on any atom is -0.467 e. The molecule has 6 nitrogen and oxygen atoms in total. The number of nitrogens with zero attached hydrogens (tertiary/aromatic N) is 1. The van der Waals surface area contributed by atoms with Crippen molar-refractivity contribution in [1.82, 2.24) is 15.2 Å². The zero-order valence-corrected chi connectivity index (χ0v) is 19.6. The highest BCUT2D eigenvalue weighted by Gasteiger charge is 2.41. The fraction of sp³-hybridized carbons (Fsp3) is 0.407. The summed E-state index contributed by atoms with van der Waals surface area (Å²) in [7, 11) is 5.59. The molecule has 174 valence electrons. The number of aromatic nitrogens is 1. The number of methoxy groups -OCH3 is 1. The van der Waals surface area contributed by atoms with Crippen molar-refractivity contribution in [2.75, 3.05) is 21.2 Å². The summed E-state index contributed by atoms with van der Waals surface area (Å²) >= 11 is 0. The molecule has 1 heterocycles. The van der Waals surface area contributed by atoms with Gasteiger partial charge < -0.3 is 15.0 Å². The average Bonchev–Trinajstić information content (AvgIpc) is 3.26. The zero-order valence-electron chi connectivity index (χ0n) is 19.6. The lowest BCUT2D eigenvalue weighted by Gasteiger charge is -2.45. The van der Waals surface area contributed by atoms with E-state index in [1.54, 1.807) is 0 Å². The molecule has 1 aliphatic rings. The molecule has 2 N–H and O–H groups in total. The Morgan fingerprint density at radius 1 is 1.09 bits per heavy atom. The first-order valence-electron chi connectivity index (χ1n) is 11.6. The molecule has 0 spiro atoms. The number of ether oxygens (including phenoxy) is 1. The number of para-hydroxylation sites is 1. The highest BCUT2D eigenvalue weighted by atomic mass is 16.5. The van der Waals surface area contributed by atoms with Gasteiger partial charge in [-0.1, -0.05) is 48.5 Å². The van der Waals surface area contributed by atoms with Crippen molar-refractivity contribution in [3.8, 4) is 0 Å². The Kier molecular flexibility index (Phi) is 6.84. The van der Waals surface area contributed by atoms with E-state index in [0.717, 1.165) is 42.1 Å². The fourth-order valence-electron chi connectivity index (χ4n) is 5.25. The lowest BCUT2D eigenvalue weighted by atomic mass is 9.71. The van der Waals surface area contributed by atoms with Crippen LogP contribution in [-0.2, 0) is 26.3 Å². The van der Waals surface area contributed by atoms with Crippen LogP contribution in [0.4, 0.5) is 0 Å². The summed E-state index contributed by atoms with van der Waals surface area (Å²) in [4.78, 5) is 31.2. The van der Waals surface area contributed by atoms with E-state index in [-0.39, 0.29) is 17.4 Å². The lowest BCUT2D eigenvalue weighted by molar-refractivity contribution is -0.145. The molecule has 0 radical (unpaired) electrons. The Labute approximate surface area is 195 Å². The number of H-pyrrole nitrogens is 1. The van der Waals surface area contributed by atoms with Crippen molar-refractivity contribution < 1.29 is 14.3 Å². The van der Waals surface area contributed by atoms with E-state index in [0.29, 0.717) is 6.42 Å². The molecule has 0 saturated heterocycles. The van der Waals surface area contributed by atoms with Gasteiger partial charge in [-0.05, 0) is 57.0 Å². The van der Waals surface area contributed by atoms with Crippen molar-refractivity contribution in [2.45, 2.75) is 43.7 Å². The minimum atomic E-state index is -0.712. The zero-order chi connectivity index (χ0) is 23.4. The minimum absolute atomic E-state index is 0.0642. The molecule has 0 bridgehead atoms. The van der Waals surface area contributed by atoms with Crippen LogP contribution in [0.25, 0.3) is 10.9 Å². The third-order valence-electron chi connectivity index (χ3n) is 7.25. The van der Waals surface area contributed by atoms with Crippen LogP contribution < -0.4 is 5.32 Å². The molecule has 1 unspecified atom stereocenters. The number of rotatable bonds is 7. The van der Waals surface area contributed by atoms with E-state index in [1.165, 1.54) is 12.7 Å². The van der Waals surface area contributed by atoms with Gasteiger partial charge in [0, 0.05) is 35.0 Å². The Bertz CT molecular complexity index is 1100. The van der Waals surface area contributed by atoms with Gasteiger partial charge in [-0.2, -0.15) is 0 Å². The standard InChI is InChI=1S/C27H33N3O3/c1-30(2)27(21-9-5-4-6-10-21)15-13-19(14-16-27)25(31)29-24(26(32)33-3)17-20-18-28-23-12-8-7-11-22(20)23/h4-12,18-19,24,28H,13-17H2,1-3H3,(H,29,31). The summed E-state index contributed by atoms with van der Waals surface area (Å²) in [5.74, 6) is -0.598. The predicted octanol–water partition coefficient (Wildman–Crippen LogP) is 4.02. The molecule has 1 aliphatic carbocycles. The second-order valence-electron chi connectivity index (χ2n) is 9.21. The van der Waals surface area contributed by atoms with Gasteiger partial charge in [0.2, 0.25) is 5.91 Å². The topological polar surface area (TPSA) is 74.4 Å². The molecule has 1 aromatic heterocycles. The van der Waals surface area contributed by atoms with Gasteiger partial charge in [0.05, 0.1) is 7.11 Å². The molecule has 33 heavy (non-hydrogen) atoms.